The molecule has 0 saturated heterocycles. The van der Waals surface area contributed by atoms with Crippen LogP contribution in [0.2, 0.25) is 0 Å². The van der Waals surface area contributed by atoms with Crippen molar-refractivity contribution in [3.63, 3.8) is 0 Å². The minimum absolute atomic E-state index is 0.888. The summed E-state index contributed by atoms with van der Waals surface area (Å²) >= 11 is 0. The van der Waals surface area contributed by atoms with Crippen LogP contribution in [0.3, 0.4) is 0 Å². The maximum atomic E-state index is 6.61. The van der Waals surface area contributed by atoms with Crippen LogP contribution < -0.4 is 4.90 Å². The second-order valence-electron chi connectivity index (χ2n) is 16.1. The molecule has 11 aromatic carbocycles. The molecule has 1 aromatic heterocycles. The van der Waals surface area contributed by atoms with Crippen molar-refractivity contribution in [2.75, 3.05) is 4.90 Å². The fraction of sp³-hybridized carbons (Fsp3) is 0. The van der Waals surface area contributed by atoms with Gasteiger partial charge in [0.15, 0.2) is 0 Å². The van der Waals surface area contributed by atoms with Gasteiger partial charge < -0.3 is 9.32 Å². The molecule has 2 nitrogen and oxygen atoms in total. The number of fused-ring (bicyclic) bond motifs is 7. The van der Waals surface area contributed by atoms with E-state index in [1.165, 1.54) is 54.7 Å². The summed E-state index contributed by atoms with van der Waals surface area (Å²) in [5.41, 5.74) is 14.5. The molecule has 2 heteroatoms. The maximum Gasteiger partial charge on any atom is 0.143 e. The van der Waals surface area contributed by atoms with Crippen LogP contribution in [-0.2, 0) is 0 Å². The van der Waals surface area contributed by atoms with E-state index in [-0.39, 0.29) is 0 Å². The van der Waals surface area contributed by atoms with Crippen LogP contribution in [0.5, 0.6) is 0 Å². The van der Waals surface area contributed by atoms with E-state index in [1.807, 2.05) is 0 Å². The monoisotopic (exact) mass is 789 g/mol. The lowest BCUT2D eigenvalue weighted by molar-refractivity contribution is 0.673. The molecule has 62 heavy (non-hydrogen) atoms. The van der Waals surface area contributed by atoms with Crippen molar-refractivity contribution in [3.05, 3.63) is 237 Å². The number of nitrogens with zero attached hydrogens (tertiary/aromatic N) is 1. The second-order valence-corrected chi connectivity index (χ2v) is 16.1. The van der Waals surface area contributed by atoms with Crippen molar-refractivity contribution in [2.45, 2.75) is 0 Å². The smallest absolute Gasteiger partial charge is 0.143 e. The van der Waals surface area contributed by atoms with Crippen LogP contribution in [0.4, 0.5) is 17.1 Å². The SMILES string of the molecule is c1cc(-c2ccc(N(c3cccc(-c4ccc5ccccc5c4)c3)c3cccc(-c4cccc5oc6c7ccccc7ccc6c45)c3)cc2)cc(-c2cccc3ccccc23)c1. The van der Waals surface area contributed by atoms with Gasteiger partial charge in [-0.25, -0.2) is 0 Å². The summed E-state index contributed by atoms with van der Waals surface area (Å²) in [5, 5.41) is 9.53. The summed E-state index contributed by atoms with van der Waals surface area (Å²) in [5.74, 6) is 0. The summed E-state index contributed by atoms with van der Waals surface area (Å²) in [7, 11) is 0. The first-order chi connectivity index (χ1) is 30.7. The quantitative estimate of drug-likeness (QED) is 0.160. The highest BCUT2D eigenvalue weighted by atomic mass is 16.3. The lowest BCUT2D eigenvalue weighted by atomic mass is 9.95. The van der Waals surface area contributed by atoms with Gasteiger partial charge in [-0.1, -0.05) is 176 Å². The number of benzene rings is 11. The molecular weight excluding hydrogens is 751 g/mol. The number of hydrogen-bond donors (Lipinski definition) is 0. The van der Waals surface area contributed by atoms with E-state index in [0.29, 0.717) is 0 Å². The lowest BCUT2D eigenvalue weighted by Gasteiger charge is -2.27. The largest absolute Gasteiger partial charge is 0.455 e. The zero-order valence-corrected chi connectivity index (χ0v) is 33.9. The van der Waals surface area contributed by atoms with E-state index < -0.39 is 0 Å². The Labute approximate surface area is 360 Å². The van der Waals surface area contributed by atoms with Crippen molar-refractivity contribution in [1.82, 2.24) is 0 Å². The van der Waals surface area contributed by atoms with Crippen LogP contribution in [-0.4, -0.2) is 0 Å². The minimum atomic E-state index is 0.888. The zero-order valence-electron chi connectivity index (χ0n) is 33.9. The van der Waals surface area contributed by atoms with Crippen LogP contribution in [0, 0.1) is 0 Å². The van der Waals surface area contributed by atoms with Gasteiger partial charge in [-0.15, -0.1) is 0 Å². The molecule has 0 amide bonds. The molecule has 0 aliphatic carbocycles. The summed E-state index contributed by atoms with van der Waals surface area (Å²) < 4.78 is 6.61. The zero-order chi connectivity index (χ0) is 41.0. The Kier molecular flexibility index (Phi) is 8.53. The van der Waals surface area contributed by atoms with E-state index >= 15 is 0 Å². The normalized spacial score (nSPS) is 11.5. The topological polar surface area (TPSA) is 16.4 Å². The van der Waals surface area contributed by atoms with Crippen LogP contribution in [0.15, 0.2) is 241 Å². The molecule has 0 saturated carbocycles. The van der Waals surface area contributed by atoms with Crippen molar-refractivity contribution >= 4 is 71.3 Å². The molecule has 0 aliphatic heterocycles. The first-order valence-electron chi connectivity index (χ1n) is 21.2. The number of rotatable bonds is 7. The average Bonchev–Trinajstić information content (AvgIpc) is 3.74. The van der Waals surface area contributed by atoms with Gasteiger partial charge in [0, 0.05) is 33.2 Å². The minimum Gasteiger partial charge on any atom is -0.455 e. The van der Waals surface area contributed by atoms with Crippen LogP contribution in [0.1, 0.15) is 0 Å². The third-order valence-electron chi connectivity index (χ3n) is 12.4. The number of furan rings is 1. The number of anilines is 3. The third-order valence-corrected chi connectivity index (χ3v) is 12.4. The van der Waals surface area contributed by atoms with Gasteiger partial charge in [-0.3, -0.25) is 0 Å². The van der Waals surface area contributed by atoms with Gasteiger partial charge in [0.2, 0.25) is 0 Å². The van der Waals surface area contributed by atoms with Gasteiger partial charge in [0.05, 0.1) is 0 Å². The molecule has 0 bridgehead atoms. The Morgan fingerprint density at radius 1 is 0.274 bits per heavy atom. The highest BCUT2D eigenvalue weighted by Gasteiger charge is 2.18. The third kappa shape index (κ3) is 6.20. The molecule has 12 rings (SSSR count). The molecule has 290 valence electrons. The fourth-order valence-electron chi connectivity index (χ4n) is 9.39. The predicted molar refractivity (Wildman–Crippen MR) is 263 cm³/mol. The van der Waals surface area contributed by atoms with Gasteiger partial charge in [0.25, 0.3) is 0 Å². The molecule has 0 spiro atoms. The van der Waals surface area contributed by atoms with E-state index in [4.69, 9.17) is 4.42 Å². The van der Waals surface area contributed by atoms with E-state index in [1.54, 1.807) is 0 Å². The first kappa shape index (κ1) is 35.7. The summed E-state index contributed by atoms with van der Waals surface area (Å²) in [6, 6.07) is 85.5. The van der Waals surface area contributed by atoms with Crippen molar-refractivity contribution in [2.24, 2.45) is 0 Å². The second kappa shape index (κ2) is 14.8. The lowest BCUT2D eigenvalue weighted by Crippen LogP contribution is -2.10. The standard InChI is InChI=1S/C60H39NO/c1-2-15-44-36-47(29-28-40(44)12-1)46-18-8-21-51(38-46)61(50-33-30-41(31-34-50)45-17-7-19-48(37-45)54-25-10-16-42-13-3-5-23-53(42)54)52-22-9-20-49(39-52)55-26-11-27-58-59(55)57-35-32-43-14-4-6-24-56(43)60(57)62-58/h1-39H. The first-order valence-corrected chi connectivity index (χ1v) is 21.2. The van der Waals surface area contributed by atoms with Crippen LogP contribution in [0.25, 0.3) is 98.8 Å². The van der Waals surface area contributed by atoms with Gasteiger partial charge in [-0.2, -0.15) is 0 Å². The van der Waals surface area contributed by atoms with Gasteiger partial charge in [0.1, 0.15) is 11.2 Å². The highest BCUT2D eigenvalue weighted by Crippen LogP contribution is 2.43. The van der Waals surface area contributed by atoms with E-state index in [9.17, 15) is 0 Å². The molecule has 1 heterocycles. The molecule has 0 unspecified atom stereocenters. The van der Waals surface area contributed by atoms with Gasteiger partial charge >= 0.3 is 0 Å². The van der Waals surface area contributed by atoms with Gasteiger partial charge in [-0.05, 0) is 132 Å². The van der Waals surface area contributed by atoms with E-state index in [0.717, 1.165) is 61.1 Å². The summed E-state index contributed by atoms with van der Waals surface area (Å²) in [4.78, 5) is 2.38. The molecule has 0 atom stereocenters. The Morgan fingerprint density at radius 3 is 1.61 bits per heavy atom. The summed E-state index contributed by atoms with van der Waals surface area (Å²) in [6.07, 6.45) is 0. The van der Waals surface area contributed by atoms with Crippen molar-refractivity contribution in [1.29, 1.82) is 0 Å². The highest BCUT2D eigenvalue weighted by molar-refractivity contribution is 6.19. The molecule has 12 aromatic rings. The summed E-state index contributed by atoms with van der Waals surface area (Å²) in [6.45, 7) is 0. The Hall–Kier alpha value is -8.20. The predicted octanol–water partition coefficient (Wildman–Crippen LogP) is 17.2. The number of hydrogen-bond acceptors (Lipinski definition) is 2. The van der Waals surface area contributed by atoms with E-state index in [2.05, 4.69) is 241 Å². The molecular formula is C60H39NO. The molecule has 0 radical (unpaired) electrons. The average molecular weight is 790 g/mol. The van der Waals surface area contributed by atoms with Crippen molar-refractivity contribution < 1.29 is 4.42 Å². The Morgan fingerprint density at radius 2 is 0.806 bits per heavy atom. The molecule has 0 N–H and O–H groups in total. The molecule has 0 aliphatic rings. The van der Waals surface area contributed by atoms with Crippen LogP contribution >= 0.6 is 0 Å². The fourth-order valence-corrected chi connectivity index (χ4v) is 9.39. The molecule has 0 fully saturated rings. The maximum absolute atomic E-state index is 6.61. The van der Waals surface area contributed by atoms with Crippen molar-refractivity contribution in [3.8, 4) is 44.5 Å². The Balaban J connectivity index is 0.980. The Bertz CT molecular complexity index is 3650.